The topological polar surface area (TPSA) is 78.4 Å². The molecule has 0 heterocycles. The fourth-order valence-electron chi connectivity index (χ4n) is 2.54. The summed E-state index contributed by atoms with van der Waals surface area (Å²) in [4.78, 5) is 23.4. The molecule has 1 aromatic rings. The first-order valence-corrected chi connectivity index (χ1v) is 7.41. The third kappa shape index (κ3) is 4.86. The molecule has 0 saturated heterocycles. The lowest BCUT2D eigenvalue weighted by molar-refractivity contribution is -0.122. The molecule has 0 atom stereocenters. The van der Waals surface area contributed by atoms with Crippen molar-refractivity contribution in [2.45, 2.75) is 37.7 Å². The number of benzene rings is 1. The Hall–Kier alpha value is -1.88. The van der Waals surface area contributed by atoms with E-state index < -0.39 is 5.60 Å². The molecule has 1 fully saturated rings. The van der Waals surface area contributed by atoms with Crippen LogP contribution in [0.3, 0.4) is 0 Å². The Balaban J connectivity index is 1.64. The van der Waals surface area contributed by atoms with Crippen LogP contribution in [-0.2, 0) is 4.79 Å². The van der Waals surface area contributed by atoms with E-state index in [4.69, 9.17) is 0 Å². The van der Waals surface area contributed by atoms with Gasteiger partial charge in [0, 0.05) is 25.1 Å². The van der Waals surface area contributed by atoms with Gasteiger partial charge in [-0.05, 0) is 25.0 Å². The van der Waals surface area contributed by atoms with E-state index in [2.05, 4.69) is 10.6 Å². The Kier molecular flexibility index (Phi) is 5.33. The van der Waals surface area contributed by atoms with Crippen LogP contribution in [0.4, 0.5) is 0 Å². The molecule has 1 aliphatic carbocycles. The molecule has 1 saturated carbocycles. The molecule has 0 radical (unpaired) electrons. The van der Waals surface area contributed by atoms with Crippen LogP contribution >= 0.6 is 0 Å². The summed E-state index contributed by atoms with van der Waals surface area (Å²) in [5.41, 5.74) is -0.152. The van der Waals surface area contributed by atoms with Gasteiger partial charge in [0.2, 0.25) is 5.91 Å². The number of carbonyl (C=O) groups is 2. The number of aliphatic hydroxyl groups is 1. The fraction of sp³-hybridized carbons (Fsp3) is 0.500. The van der Waals surface area contributed by atoms with Crippen LogP contribution < -0.4 is 10.6 Å². The maximum absolute atomic E-state index is 11.8. The van der Waals surface area contributed by atoms with Crippen molar-refractivity contribution in [2.75, 3.05) is 13.1 Å². The molecular formula is C16H22N2O3. The fourth-order valence-corrected chi connectivity index (χ4v) is 2.54. The van der Waals surface area contributed by atoms with Crippen molar-refractivity contribution in [3.05, 3.63) is 35.9 Å². The Morgan fingerprint density at radius 2 is 1.76 bits per heavy atom. The molecule has 0 aromatic heterocycles. The number of rotatable bonds is 6. The van der Waals surface area contributed by atoms with Crippen molar-refractivity contribution in [3.8, 4) is 0 Å². The van der Waals surface area contributed by atoms with E-state index in [-0.39, 0.29) is 24.8 Å². The van der Waals surface area contributed by atoms with Crippen LogP contribution in [0.2, 0.25) is 0 Å². The van der Waals surface area contributed by atoms with E-state index in [1.165, 1.54) is 0 Å². The second-order valence-electron chi connectivity index (χ2n) is 5.58. The summed E-state index contributed by atoms with van der Waals surface area (Å²) in [6.45, 7) is 0.594. The van der Waals surface area contributed by atoms with Gasteiger partial charge in [-0.15, -0.1) is 0 Å². The minimum atomic E-state index is -0.733. The maximum Gasteiger partial charge on any atom is 0.251 e. The summed E-state index contributed by atoms with van der Waals surface area (Å²) in [6, 6.07) is 8.89. The van der Waals surface area contributed by atoms with Crippen LogP contribution in [0, 0.1) is 0 Å². The summed E-state index contributed by atoms with van der Waals surface area (Å²) in [7, 11) is 0. The molecular weight excluding hydrogens is 268 g/mol. The number of amides is 2. The molecule has 2 rings (SSSR count). The molecule has 0 aliphatic heterocycles. The SMILES string of the molecule is O=C(CCNC(=O)c1ccccc1)NCC1(O)CCCC1. The lowest BCUT2D eigenvalue weighted by Crippen LogP contribution is -2.41. The van der Waals surface area contributed by atoms with Crippen molar-refractivity contribution in [1.82, 2.24) is 10.6 Å². The molecule has 1 aliphatic rings. The van der Waals surface area contributed by atoms with Crippen LogP contribution in [0.1, 0.15) is 42.5 Å². The summed E-state index contributed by atoms with van der Waals surface area (Å²) in [6.07, 6.45) is 3.74. The van der Waals surface area contributed by atoms with Gasteiger partial charge in [-0.1, -0.05) is 31.0 Å². The van der Waals surface area contributed by atoms with Crippen molar-refractivity contribution in [2.24, 2.45) is 0 Å². The molecule has 3 N–H and O–H groups in total. The molecule has 21 heavy (non-hydrogen) atoms. The number of carbonyl (C=O) groups excluding carboxylic acids is 2. The van der Waals surface area contributed by atoms with Gasteiger partial charge in [-0.25, -0.2) is 0 Å². The predicted octanol–water partition coefficient (Wildman–Crippen LogP) is 1.23. The van der Waals surface area contributed by atoms with Crippen LogP contribution in [0.15, 0.2) is 30.3 Å². The highest BCUT2D eigenvalue weighted by Crippen LogP contribution is 2.28. The molecule has 5 nitrogen and oxygen atoms in total. The highest BCUT2D eigenvalue weighted by molar-refractivity contribution is 5.94. The van der Waals surface area contributed by atoms with Gasteiger partial charge < -0.3 is 15.7 Å². The second kappa shape index (κ2) is 7.22. The minimum Gasteiger partial charge on any atom is -0.388 e. The Labute approximate surface area is 124 Å². The van der Waals surface area contributed by atoms with Gasteiger partial charge in [0.05, 0.1) is 5.60 Å². The maximum atomic E-state index is 11.8. The highest BCUT2D eigenvalue weighted by Gasteiger charge is 2.31. The third-order valence-corrected chi connectivity index (χ3v) is 3.82. The molecule has 114 valence electrons. The largest absolute Gasteiger partial charge is 0.388 e. The first kappa shape index (κ1) is 15.5. The third-order valence-electron chi connectivity index (χ3n) is 3.82. The average Bonchev–Trinajstić information content (AvgIpc) is 2.93. The van der Waals surface area contributed by atoms with Gasteiger partial charge in [0.1, 0.15) is 0 Å². The smallest absolute Gasteiger partial charge is 0.251 e. The Bertz CT molecular complexity index is 482. The molecule has 0 unspecified atom stereocenters. The zero-order valence-electron chi connectivity index (χ0n) is 12.1. The molecule has 2 amide bonds. The van der Waals surface area contributed by atoms with Crippen LogP contribution in [0.25, 0.3) is 0 Å². The van der Waals surface area contributed by atoms with Gasteiger partial charge in [0.25, 0.3) is 5.91 Å². The van der Waals surface area contributed by atoms with Crippen molar-refractivity contribution in [3.63, 3.8) is 0 Å². The van der Waals surface area contributed by atoms with Gasteiger partial charge in [0.15, 0.2) is 0 Å². The molecule has 1 aromatic carbocycles. The monoisotopic (exact) mass is 290 g/mol. The quantitative estimate of drug-likeness (QED) is 0.737. The van der Waals surface area contributed by atoms with Crippen molar-refractivity contribution in [1.29, 1.82) is 0 Å². The van der Waals surface area contributed by atoms with Crippen molar-refractivity contribution >= 4 is 11.8 Å². The van der Waals surface area contributed by atoms with Crippen LogP contribution in [-0.4, -0.2) is 35.6 Å². The zero-order chi connectivity index (χ0) is 15.1. The van der Waals surface area contributed by atoms with E-state index in [0.29, 0.717) is 12.1 Å². The predicted molar refractivity (Wildman–Crippen MR) is 79.8 cm³/mol. The highest BCUT2D eigenvalue weighted by atomic mass is 16.3. The van der Waals surface area contributed by atoms with Crippen LogP contribution in [0.5, 0.6) is 0 Å². The number of hydrogen-bond donors (Lipinski definition) is 3. The van der Waals surface area contributed by atoms with Crippen molar-refractivity contribution < 1.29 is 14.7 Å². The summed E-state index contributed by atoms with van der Waals surface area (Å²) < 4.78 is 0. The first-order valence-electron chi connectivity index (χ1n) is 7.41. The van der Waals surface area contributed by atoms with E-state index in [1.807, 2.05) is 6.07 Å². The molecule has 5 heteroatoms. The van der Waals surface area contributed by atoms with Gasteiger partial charge in [-0.2, -0.15) is 0 Å². The summed E-state index contributed by atoms with van der Waals surface area (Å²) in [5, 5.41) is 15.6. The Morgan fingerprint density at radius 1 is 1.10 bits per heavy atom. The minimum absolute atomic E-state index is 0.149. The van der Waals surface area contributed by atoms with E-state index >= 15 is 0 Å². The summed E-state index contributed by atoms with van der Waals surface area (Å²) in [5.74, 6) is -0.332. The average molecular weight is 290 g/mol. The van der Waals surface area contributed by atoms with E-state index in [0.717, 1.165) is 25.7 Å². The molecule has 0 bridgehead atoms. The van der Waals surface area contributed by atoms with Gasteiger partial charge >= 0.3 is 0 Å². The standard InChI is InChI=1S/C16H22N2O3/c19-14(18-12-16(21)9-4-5-10-16)8-11-17-15(20)13-6-2-1-3-7-13/h1-3,6-7,21H,4-5,8-12H2,(H,17,20)(H,18,19). The second-order valence-corrected chi connectivity index (χ2v) is 5.58. The Morgan fingerprint density at radius 3 is 2.43 bits per heavy atom. The van der Waals surface area contributed by atoms with E-state index in [9.17, 15) is 14.7 Å². The summed E-state index contributed by atoms with van der Waals surface area (Å²) >= 11 is 0. The zero-order valence-corrected chi connectivity index (χ0v) is 12.1. The normalized spacial score (nSPS) is 16.4. The number of hydrogen-bond acceptors (Lipinski definition) is 3. The number of nitrogens with one attached hydrogen (secondary N) is 2. The molecule has 0 spiro atoms. The first-order chi connectivity index (χ1) is 10.1. The lowest BCUT2D eigenvalue weighted by atomic mass is 10.0. The lowest BCUT2D eigenvalue weighted by Gasteiger charge is -2.22. The van der Waals surface area contributed by atoms with E-state index in [1.54, 1.807) is 24.3 Å². The van der Waals surface area contributed by atoms with Gasteiger partial charge in [-0.3, -0.25) is 9.59 Å².